The number of ether oxygens (including phenoxy) is 2. The van der Waals surface area contributed by atoms with E-state index in [9.17, 15) is 4.79 Å². The number of hydrogen-bond donors (Lipinski definition) is 0. The number of aliphatic imine (C=N–C) groups is 1. The van der Waals surface area contributed by atoms with E-state index >= 15 is 0 Å². The molecule has 1 aromatic carbocycles. The molecule has 2 aromatic rings. The summed E-state index contributed by atoms with van der Waals surface area (Å²) in [7, 11) is 0. The number of benzene rings is 1. The molecule has 8 heteroatoms. The Kier molecular flexibility index (Phi) is 5.00. The first-order chi connectivity index (χ1) is 15.0. The van der Waals surface area contributed by atoms with Gasteiger partial charge in [-0.25, -0.2) is 14.8 Å². The molecule has 2 aliphatic heterocycles. The van der Waals surface area contributed by atoms with Crippen molar-refractivity contribution >= 4 is 17.6 Å². The molecule has 3 aliphatic rings. The summed E-state index contributed by atoms with van der Waals surface area (Å²) in [6.07, 6.45) is 3.54. The van der Waals surface area contributed by atoms with Gasteiger partial charge in [0.25, 0.3) is 0 Å². The highest BCUT2D eigenvalue weighted by Gasteiger charge is 2.40. The van der Waals surface area contributed by atoms with Crippen LogP contribution in [0.3, 0.4) is 0 Å². The number of fused-ring (bicyclic) bond motifs is 1. The number of carbonyl (C=O) groups excluding carboxylic acids is 1. The zero-order chi connectivity index (χ0) is 21.4. The summed E-state index contributed by atoms with van der Waals surface area (Å²) in [6, 6.07) is 8.22. The molecule has 0 unspecified atom stereocenters. The fourth-order valence-electron chi connectivity index (χ4n) is 3.99. The Balaban J connectivity index is 1.32. The summed E-state index contributed by atoms with van der Waals surface area (Å²) >= 11 is 0. The number of aromatic nitrogens is 2. The first-order valence-corrected chi connectivity index (χ1v) is 10.9. The van der Waals surface area contributed by atoms with Gasteiger partial charge in [0.2, 0.25) is 0 Å². The molecule has 0 radical (unpaired) electrons. The van der Waals surface area contributed by atoms with Gasteiger partial charge < -0.3 is 19.3 Å². The molecule has 8 nitrogen and oxygen atoms in total. The van der Waals surface area contributed by atoms with Crippen LogP contribution in [0.1, 0.15) is 43.5 Å². The molecule has 2 fully saturated rings. The molecule has 5 rings (SSSR count). The lowest BCUT2D eigenvalue weighted by Crippen LogP contribution is -2.49. The Morgan fingerprint density at radius 3 is 2.68 bits per heavy atom. The lowest BCUT2D eigenvalue weighted by Gasteiger charge is -2.34. The van der Waals surface area contributed by atoms with Crippen LogP contribution in [0.4, 0.5) is 10.6 Å². The number of piperazine rings is 1. The second kappa shape index (κ2) is 7.83. The van der Waals surface area contributed by atoms with Crippen LogP contribution in [0, 0.1) is 0 Å². The van der Waals surface area contributed by atoms with Gasteiger partial charge in [0.15, 0.2) is 0 Å². The summed E-state index contributed by atoms with van der Waals surface area (Å²) in [5.74, 6) is 1.74. The third-order valence-corrected chi connectivity index (χ3v) is 6.09. The van der Waals surface area contributed by atoms with Crippen molar-refractivity contribution in [2.45, 2.75) is 38.8 Å². The van der Waals surface area contributed by atoms with Crippen LogP contribution < -0.4 is 9.64 Å². The molecule has 31 heavy (non-hydrogen) atoms. The minimum Gasteiger partial charge on any atom is -0.488 e. The van der Waals surface area contributed by atoms with E-state index in [2.05, 4.69) is 33.9 Å². The van der Waals surface area contributed by atoms with Crippen molar-refractivity contribution in [3.63, 3.8) is 0 Å². The molecule has 162 valence electrons. The van der Waals surface area contributed by atoms with Gasteiger partial charge in [0, 0.05) is 37.8 Å². The Labute approximate surface area is 181 Å². The van der Waals surface area contributed by atoms with Crippen molar-refractivity contribution in [1.29, 1.82) is 0 Å². The number of anilines is 1. The van der Waals surface area contributed by atoms with Crippen molar-refractivity contribution in [1.82, 2.24) is 14.9 Å². The van der Waals surface area contributed by atoms with E-state index in [0.29, 0.717) is 39.3 Å². The highest BCUT2D eigenvalue weighted by Crippen LogP contribution is 2.40. The highest BCUT2D eigenvalue weighted by molar-refractivity contribution is 6.14. The molecule has 1 aliphatic carbocycles. The topological polar surface area (TPSA) is 80.2 Å². The normalized spacial score (nSPS) is 19.0. The van der Waals surface area contributed by atoms with Crippen LogP contribution in [-0.2, 0) is 11.3 Å². The maximum atomic E-state index is 11.9. The Bertz CT molecular complexity index is 1030. The van der Waals surface area contributed by atoms with E-state index in [-0.39, 0.29) is 11.7 Å². The average Bonchev–Trinajstić information content (AvgIpc) is 3.36. The van der Waals surface area contributed by atoms with Crippen molar-refractivity contribution in [2.24, 2.45) is 4.99 Å². The van der Waals surface area contributed by atoms with Crippen molar-refractivity contribution in [3.8, 4) is 5.75 Å². The van der Waals surface area contributed by atoms with E-state index in [0.717, 1.165) is 41.4 Å². The lowest BCUT2D eigenvalue weighted by atomic mass is 10.0. The predicted octanol–water partition coefficient (Wildman–Crippen LogP) is 3.04. The summed E-state index contributed by atoms with van der Waals surface area (Å²) in [4.78, 5) is 29.6. The first-order valence-electron chi connectivity index (χ1n) is 10.9. The van der Waals surface area contributed by atoms with Crippen LogP contribution in [-0.4, -0.2) is 65.1 Å². The number of carbonyl (C=O) groups is 1. The average molecular weight is 422 g/mol. The maximum Gasteiger partial charge on any atom is 0.409 e. The molecule has 1 saturated carbocycles. The minimum atomic E-state index is -0.250. The van der Waals surface area contributed by atoms with Crippen molar-refractivity contribution in [2.75, 3.05) is 37.7 Å². The largest absolute Gasteiger partial charge is 0.488 e. The molecule has 0 atom stereocenters. The van der Waals surface area contributed by atoms with Gasteiger partial charge in [0.05, 0.1) is 24.6 Å². The molecule has 0 spiro atoms. The maximum absolute atomic E-state index is 11.9. The fraction of sp³-hybridized carbons (Fsp3) is 0.478. The third-order valence-electron chi connectivity index (χ3n) is 6.09. The Morgan fingerprint density at radius 1 is 1.13 bits per heavy atom. The summed E-state index contributed by atoms with van der Waals surface area (Å²) < 4.78 is 11.3. The molecule has 0 N–H and O–H groups in total. The van der Waals surface area contributed by atoms with Crippen molar-refractivity contribution in [3.05, 3.63) is 47.4 Å². The van der Waals surface area contributed by atoms with Gasteiger partial charge in [0.1, 0.15) is 23.5 Å². The standard InChI is InChI=1S/C23H27N5O3/c1-3-30-22(29)28-10-8-27(9-11-28)20-13-19(25-15-26-20)21-18-12-17(31-23(2)6-7-23)5-4-16(18)14-24-21/h4-5,12-13,15H,3,6-11,14H2,1-2H3. The number of amides is 1. The highest BCUT2D eigenvalue weighted by atomic mass is 16.6. The van der Waals surface area contributed by atoms with Gasteiger partial charge in [-0.05, 0) is 44.4 Å². The van der Waals surface area contributed by atoms with Gasteiger partial charge in [-0.2, -0.15) is 0 Å². The van der Waals surface area contributed by atoms with Gasteiger partial charge in [-0.3, -0.25) is 4.99 Å². The molecule has 1 saturated heterocycles. The van der Waals surface area contributed by atoms with Gasteiger partial charge >= 0.3 is 6.09 Å². The van der Waals surface area contributed by atoms with Crippen LogP contribution in [0.5, 0.6) is 5.75 Å². The van der Waals surface area contributed by atoms with E-state index in [1.807, 2.05) is 19.1 Å². The van der Waals surface area contributed by atoms with E-state index in [4.69, 9.17) is 14.5 Å². The zero-order valence-corrected chi connectivity index (χ0v) is 18.0. The Hall–Kier alpha value is -3.16. The summed E-state index contributed by atoms with van der Waals surface area (Å²) in [5, 5.41) is 0. The third kappa shape index (κ3) is 4.06. The number of rotatable bonds is 5. The van der Waals surface area contributed by atoms with E-state index < -0.39 is 0 Å². The molecule has 1 amide bonds. The van der Waals surface area contributed by atoms with Gasteiger partial charge in [-0.15, -0.1) is 0 Å². The lowest BCUT2D eigenvalue weighted by molar-refractivity contribution is 0.105. The first kappa shape index (κ1) is 19.8. The molecule has 1 aromatic heterocycles. The summed E-state index contributed by atoms with van der Waals surface area (Å²) in [5.41, 5.74) is 3.95. The van der Waals surface area contributed by atoms with Gasteiger partial charge in [-0.1, -0.05) is 6.07 Å². The minimum absolute atomic E-state index is 0.0159. The van der Waals surface area contributed by atoms with E-state index in [1.54, 1.807) is 11.2 Å². The second-order valence-electron chi connectivity index (χ2n) is 8.47. The van der Waals surface area contributed by atoms with Crippen LogP contribution in [0.15, 0.2) is 35.6 Å². The Morgan fingerprint density at radius 2 is 1.94 bits per heavy atom. The van der Waals surface area contributed by atoms with E-state index in [1.165, 1.54) is 5.56 Å². The smallest absolute Gasteiger partial charge is 0.409 e. The molecular formula is C23H27N5O3. The monoisotopic (exact) mass is 421 g/mol. The quantitative estimate of drug-likeness (QED) is 0.738. The molecular weight excluding hydrogens is 394 g/mol. The van der Waals surface area contributed by atoms with Crippen LogP contribution in [0.2, 0.25) is 0 Å². The second-order valence-corrected chi connectivity index (χ2v) is 8.47. The number of hydrogen-bond acceptors (Lipinski definition) is 7. The van der Waals surface area contributed by atoms with Crippen molar-refractivity contribution < 1.29 is 14.3 Å². The predicted molar refractivity (Wildman–Crippen MR) is 117 cm³/mol. The SMILES string of the molecule is CCOC(=O)N1CCN(c2cc(C3=NCc4ccc(OC5(C)CC5)cc43)ncn2)CC1. The van der Waals surface area contributed by atoms with Crippen LogP contribution in [0.25, 0.3) is 0 Å². The molecule has 3 heterocycles. The zero-order valence-electron chi connectivity index (χ0n) is 18.0. The molecule has 0 bridgehead atoms. The summed E-state index contributed by atoms with van der Waals surface area (Å²) in [6.45, 7) is 7.64. The number of nitrogens with zero attached hydrogens (tertiary/aromatic N) is 5. The fourth-order valence-corrected chi connectivity index (χ4v) is 3.99. The van der Waals surface area contributed by atoms with Crippen LogP contribution >= 0.6 is 0 Å².